The van der Waals surface area contributed by atoms with Crippen LogP contribution < -0.4 is 20.5 Å². The van der Waals surface area contributed by atoms with E-state index in [1.807, 2.05) is 24.3 Å². The molecule has 5 rings (SSSR count). The van der Waals surface area contributed by atoms with Gasteiger partial charge in [0.25, 0.3) is 0 Å². The van der Waals surface area contributed by atoms with Crippen LogP contribution in [0.3, 0.4) is 0 Å². The lowest BCUT2D eigenvalue weighted by molar-refractivity contribution is -0.120. The van der Waals surface area contributed by atoms with Crippen molar-refractivity contribution in [2.45, 2.75) is 23.8 Å². The predicted octanol–water partition coefficient (Wildman–Crippen LogP) is 3.41. The number of sulfonamides is 1. The fourth-order valence-electron chi connectivity index (χ4n) is 5.45. The van der Waals surface area contributed by atoms with Crippen LogP contribution in [0.15, 0.2) is 77.0 Å². The third-order valence-corrected chi connectivity index (χ3v) is 9.80. The summed E-state index contributed by atoms with van der Waals surface area (Å²) in [6, 6.07) is 16.9. The van der Waals surface area contributed by atoms with E-state index in [1.54, 1.807) is 55.0 Å². The Morgan fingerprint density at radius 3 is 2.71 bits per heavy atom. The molecule has 3 atom stereocenters. The van der Waals surface area contributed by atoms with Gasteiger partial charge in [-0.1, -0.05) is 48.2 Å². The van der Waals surface area contributed by atoms with E-state index in [-0.39, 0.29) is 28.2 Å². The Labute approximate surface area is 226 Å². The van der Waals surface area contributed by atoms with E-state index in [0.717, 1.165) is 41.1 Å². The lowest BCUT2D eigenvalue weighted by Crippen LogP contribution is -2.54. The molecule has 10 heteroatoms. The summed E-state index contributed by atoms with van der Waals surface area (Å²) < 4.78 is 36.0. The SMILES string of the molecule is COc1ccc2ccc(S(=O)(=O)NC(Cc3cccc(C(=N)N)c3)C3([C@@H]4CCNC4)C=CSC3=O)cc2c1. The molecule has 0 aliphatic carbocycles. The predicted molar refractivity (Wildman–Crippen MR) is 151 cm³/mol. The van der Waals surface area contributed by atoms with Crippen molar-refractivity contribution in [1.29, 1.82) is 5.41 Å². The van der Waals surface area contributed by atoms with Crippen LogP contribution in [0.25, 0.3) is 10.8 Å². The number of hydrogen-bond acceptors (Lipinski definition) is 7. The summed E-state index contributed by atoms with van der Waals surface area (Å²) in [7, 11) is -2.45. The minimum Gasteiger partial charge on any atom is -0.497 e. The number of ether oxygens (including phenoxy) is 1. The molecule has 1 fully saturated rings. The summed E-state index contributed by atoms with van der Waals surface area (Å²) in [4.78, 5) is 13.6. The monoisotopic (exact) mass is 550 g/mol. The molecule has 0 aromatic heterocycles. The molecule has 2 unspecified atom stereocenters. The van der Waals surface area contributed by atoms with E-state index >= 15 is 0 Å². The molecule has 0 spiro atoms. The molecular weight excluding hydrogens is 520 g/mol. The van der Waals surface area contributed by atoms with Crippen LogP contribution in [0, 0.1) is 16.7 Å². The number of thioether (sulfide) groups is 1. The van der Waals surface area contributed by atoms with Crippen LogP contribution >= 0.6 is 11.8 Å². The van der Waals surface area contributed by atoms with E-state index in [2.05, 4.69) is 10.0 Å². The quantitative estimate of drug-likeness (QED) is 0.237. The largest absolute Gasteiger partial charge is 0.497 e. The molecule has 0 saturated carbocycles. The number of methoxy groups -OCH3 is 1. The smallest absolute Gasteiger partial charge is 0.240 e. The highest BCUT2D eigenvalue weighted by molar-refractivity contribution is 8.16. The van der Waals surface area contributed by atoms with Gasteiger partial charge in [-0.2, -0.15) is 0 Å². The van der Waals surface area contributed by atoms with E-state index in [1.165, 1.54) is 0 Å². The molecule has 0 amide bonds. The Morgan fingerprint density at radius 1 is 1.21 bits per heavy atom. The minimum atomic E-state index is -4.02. The first-order chi connectivity index (χ1) is 18.2. The van der Waals surface area contributed by atoms with Crippen LogP contribution in [0.5, 0.6) is 5.75 Å². The number of benzene rings is 3. The van der Waals surface area contributed by atoms with Crippen LogP contribution in [-0.2, 0) is 21.2 Å². The number of amidine groups is 1. The van der Waals surface area contributed by atoms with Gasteiger partial charge in [-0.05, 0) is 83.9 Å². The van der Waals surface area contributed by atoms with Gasteiger partial charge >= 0.3 is 0 Å². The van der Waals surface area contributed by atoms with E-state index in [9.17, 15) is 13.2 Å². The van der Waals surface area contributed by atoms with Crippen LogP contribution in [0.4, 0.5) is 0 Å². The third kappa shape index (κ3) is 4.96. The maximum atomic E-state index is 13.9. The second-order valence-corrected chi connectivity index (χ2v) is 12.3. The molecule has 198 valence electrons. The molecule has 38 heavy (non-hydrogen) atoms. The second kappa shape index (κ2) is 10.5. The number of carbonyl (C=O) groups is 1. The second-order valence-electron chi connectivity index (χ2n) is 9.70. The van der Waals surface area contributed by atoms with E-state index in [4.69, 9.17) is 15.9 Å². The van der Waals surface area contributed by atoms with Gasteiger partial charge < -0.3 is 15.8 Å². The molecule has 8 nitrogen and oxygen atoms in total. The summed E-state index contributed by atoms with van der Waals surface area (Å²) >= 11 is 1.12. The van der Waals surface area contributed by atoms with Gasteiger partial charge in [-0.3, -0.25) is 10.2 Å². The number of rotatable bonds is 9. The summed E-state index contributed by atoms with van der Waals surface area (Å²) in [6.07, 6.45) is 2.90. The number of carbonyl (C=O) groups excluding carboxylic acids is 1. The Bertz CT molecular complexity index is 1530. The normalized spacial score (nSPS) is 22.1. The van der Waals surface area contributed by atoms with Crippen molar-refractivity contribution < 1.29 is 17.9 Å². The summed E-state index contributed by atoms with van der Waals surface area (Å²) in [5.74, 6) is 0.498. The van der Waals surface area contributed by atoms with Crippen LogP contribution in [0.1, 0.15) is 17.5 Å². The number of fused-ring (bicyclic) bond motifs is 1. The summed E-state index contributed by atoms with van der Waals surface area (Å²) in [6.45, 7) is 1.39. The van der Waals surface area contributed by atoms with Gasteiger partial charge in [0.15, 0.2) is 0 Å². The van der Waals surface area contributed by atoms with Gasteiger partial charge in [0, 0.05) is 11.6 Å². The van der Waals surface area contributed by atoms with Gasteiger partial charge in [0.05, 0.1) is 17.4 Å². The van der Waals surface area contributed by atoms with Crippen molar-refractivity contribution in [1.82, 2.24) is 10.0 Å². The first-order valence-electron chi connectivity index (χ1n) is 12.4. The van der Waals surface area contributed by atoms with E-state index in [0.29, 0.717) is 17.9 Å². The van der Waals surface area contributed by atoms with Gasteiger partial charge in [0.1, 0.15) is 11.6 Å². The number of nitrogen functional groups attached to an aromatic ring is 1. The topological polar surface area (TPSA) is 134 Å². The fourth-order valence-corrected chi connectivity index (χ4v) is 7.76. The van der Waals surface area contributed by atoms with Gasteiger partial charge in [0.2, 0.25) is 15.1 Å². The van der Waals surface area contributed by atoms with Crippen molar-refractivity contribution in [3.05, 3.63) is 83.3 Å². The third-order valence-electron chi connectivity index (χ3n) is 7.49. The first-order valence-corrected chi connectivity index (χ1v) is 14.7. The van der Waals surface area contributed by atoms with Crippen LogP contribution in [0.2, 0.25) is 0 Å². The minimum absolute atomic E-state index is 0.0641. The molecule has 3 aromatic rings. The molecule has 2 aliphatic rings. The van der Waals surface area contributed by atoms with Gasteiger partial charge in [-0.25, -0.2) is 13.1 Å². The highest BCUT2D eigenvalue weighted by Crippen LogP contribution is 2.47. The number of nitrogens with one attached hydrogen (secondary N) is 3. The highest BCUT2D eigenvalue weighted by atomic mass is 32.2. The first kappa shape index (κ1) is 26.4. The maximum Gasteiger partial charge on any atom is 0.240 e. The average Bonchev–Trinajstić information content (AvgIpc) is 3.58. The maximum absolute atomic E-state index is 13.9. The Kier molecular flexibility index (Phi) is 7.32. The van der Waals surface area contributed by atoms with Gasteiger partial charge in [-0.15, -0.1) is 0 Å². The summed E-state index contributed by atoms with van der Waals surface area (Å²) in [5, 5.41) is 14.5. The molecule has 2 heterocycles. The molecule has 0 bridgehead atoms. The number of hydrogen-bond donors (Lipinski definition) is 4. The molecule has 2 aliphatic heterocycles. The molecule has 5 N–H and O–H groups in total. The van der Waals surface area contributed by atoms with Crippen molar-refractivity contribution in [3.8, 4) is 5.75 Å². The fraction of sp³-hybridized carbons (Fsp3) is 0.286. The standard InChI is InChI=1S/C28H30N4O4S2/c1-36-23-7-5-19-6-8-24(16-21(19)15-23)38(34,35)32-25(14-18-3-2-4-20(13-18)26(29)30)28(10-12-37-27(28)33)22-9-11-31-17-22/h2-8,10,12-13,15-16,22,25,31-32H,9,11,14,17H2,1H3,(H3,29,30)/t22-,25?,28?/m1/s1. The van der Waals surface area contributed by atoms with Crippen molar-refractivity contribution in [3.63, 3.8) is 0 Å². The molecule has 3 aromatic carbocycles. The van der Waals surface area contributed by atoms with Crippen molar-refractivity contribution in [2.75, 3.05) is 20.2 Å². The Morgan fingerprint density at radius 2 is 2.03 bits per heavy atom. The van der Waals surface area contributed by atoms with Crippen LogP contribution in [-0.4, -0.2) is 45.6 Å². The Hall–Kier alpha value is -3.18. The molecule has 1 saturated heterocycles. The van der Waals surface area contributed by atoms with E-state index < -0.39 is 21.5 Å². The zero-order chi connectivity index (χ0) is 26.9. The van der Waals surface area contributed by atoms with Crippen molar-refractivity contribution >= 4 is 43.5 Å². The average molecular weight is 551 g/mol. The Balaban J connectivity index is 1.57. The van der Waals surface area contributed by atoms with Crippen molar-refractivity contribution in [2.24, 2.45) is 17.1 Å². The molecule has 0 radical (unpaired) electrons. The zero-order valence-corrected chi connectivity index (χ0v) is 22.6. The lowest BCUT2D eigenvalue weighted by atomic mass is 9.69. The lowest BCUT2D eigenvalue weighted by Gasteiger charge is -2.39. The zero-order valence-electron chi connectivity index (χ0n) is 20.9. The summed E-state index contributed by atoms with van der Waals surface area (Å²) in [5.41, 5.74) is 6.03. The molecular formula is C28H30N4O4S2. The number of nitrogens with two attached hydrogens (primary N) is 1. The highest BCUT2D eigenvalue weighted by Gasteiger charge is 2.53.